The van der Waals surface area contributed by atoms with E-state index in [0.29, 0.717) is 76.8 Å². The number of unbranched alkanes of at least 4 members (excludes halogenated alkanes) is 1. The van der Waals surface area contributed by atoms with Crippen LogP contribution in [0.5, 0.6) is 11.5 Å². The number of benzene rings is 1. The van der Waals surface area contributed by atoms with Crippen LogP contribution in [0.3, 0.4) is 0 Å². The number of rotatable bonds is 16. The molecular formula is C31H44Cl2N6O4. The van der Waals surface area contributed by atoms with E-state index in [4.69, 9.17) is 42.4 Å². The number of ether oxygens (including phenoxy) is 3. The number of aliphatic hydroxyl groups is 1. The summed E-state index contributed by atoms with van der Waals surface area (Å²) in [5.41, 5.74) is 1.71. The Bertz CT molecular complexity index is 1290. The largest absolute Gasteiger partial charge is 0.495 e. The lowest BCUT2D eigenvalue weighted by Gasteiger charge is -2.44. The molecule has 2 N–H and O–H groups in total. The number of hydrogen-bond donors (Lipinski definition) is 2. The van der Waals surface area contributed by atoms with Gasteiger partial charge in [-0.25, -0.2) is 4.98 Å². The Labute approximate surface area is 265 Å². The zero-order valence-corrected chi connectivity index (χ0v) is 27.3. The van der Waals surface area contributed by atoms with E-state index in [1.54, 1.807) is 26.5 Å². The maximum Gasteiger partial charge on any atom is 0.224 e. The first-order valence-electron chi connectivity index (χ1n) is 14.7. The van der Waals surface area contributed by atoms with Gasteiger partial charge < -0.3 is 29.5 Å². The molecule has 1 fully saturated rings. The zero-order valence-electron chi connectivity index (χ0n) is 25.8. The van der Waals surface area contributed by atoms with Crippen LogP contribution < -0.4 is 19.7 Å². The normalized spacial score (nSPS) is 17.7. The maximum absolute atomic E-state index is 12.0. The second-order valence-corrected chi connectivity index (χ2v) is 11.8. The van der Waals surface area contributed by atoms with Crippen molar-refractivity contribution in [1.29, 1.82) is 0 Å². The highest BCUT2D eigenvalue weighted by atomic mass is 35.5. The summed E-state index contributed by atoms with van der Waals surface area (Å²) >= 11 is 13.8. The first-order valence-corrected chi connectivity index (χ1v) is 15.5. The van der Waals surface area contributed by atoms with Crippen molar-refractivity contribution in [3.63, 3.8) is 0 Å². The van der Waals surface area contributed by atoms with Gasteiger partial charge in [-0.15, -0.1) is 6.58 Å². The van der Waals surface area contributed by atoms with Crippen molar-refractivity contribution in [2.24, 2.45) is 0 Å². The summed E-state index contributed by atoms with van der Waals surface area (Å²) < 4.78 is 16.8. The molecule has 10 nitrogen and oxygen atoms in total. The number of aromatic nitrogens is 2. The van der Waals surface area contributed by atoms with Gasteiger partial charge in [-0.1, -0.05) is 42.6 Å². The van der Waals surface area contributed by atoms with Gasteiger partial charge in [-0.2, -0.15) is 4.98 Å². The molecule has 0 bridgehead atoms. The topological polar surface area (TPSA) is 95.5 Å². The summed E-state index contributed by atoms with van der Waals surface area (Å²) in [6, 6.07) is 2.12. The van der Waals surface area contributed by atoms with Gasteiger partial charge in [-0.3, -0.25) is 9.80 Å². The number of nitrogens with one attached hydrogen (secondary N) is 1. The van der Waals surface area contributed by atoms with E-state index in [9.17, 15) is 5.11 Å². The number of anilines is 2. The Morgan fingerprint density at radius 2 is 2.00 bits per heavy atom. The third kappa shape index (κ3) is 7.74. The Kier molecular flexibility index (Phi) is 11.9. The van der Waals surface area contributed by atoms with E-state index in [2.05, 4.69) is 40.7 Å². The van der Waals surface area contributed by atoms with Gasteiger partial charge in [0.1, 0.15) is 17.3 Å². The van der Waals surface area contributed by atoms with Gasteiger partial charge in [0.15, 0.2) is 6.23 Å². The maximum atomic E-state index is 12.0. The van der Waals surface area contributed by atoms with E-state index in [0.717, 1.165) is 38.0 Å². The summed E-state index contributed by atoms with van der Waals surface area (Å²) in [7, 11) is 5.31. The van der Waals surface area contributed by atoms with Gasteiger partial charge in [0, 0.05) is 80.9 Å². The number of nitrogens with zero attached hydrogens (tertiary/aromatic N) is 5. The van der Waals surface area contributed by atoms with Crippen LogP contribution in [0.25, 0.3) is 11.6 Å². The van der Waals surface area contributed by atoms with E-state index in [1.807, 2.05) is 24.0 Å². The lowest BCUT2D eigenvalue weighted by molar-refractivity contribution is 0.0591. The van der Waals surface area contributed by atoms with E-state index < -0.39 is 6.23 Å². The Morgan fingerprint density at radius 3 is 2.67 bits per heavy atom. The highest BCUT2D eigenvalue weighted by molar-refractivity contribution is 6.40. The fourth-order valence-electron chi connectivity index (χ4n) is 5.27. The van der Waals surface area contributed by atoms with Crippen molar-refractivity contribution in [3.05, 3.63) is 46.1 Å². The first kappa shape index (κ1) is 33.3. The lowest BCUT2D eigenvalue weighted by Crippen LogP contribution is -2.59. The summed E-state index contributed by atoms with van der Waals surface area (Å²) in [5.74, 6) is 1.93. The van der Waals surface area contributed by atoms with Gasteiger partial charge in [-0.05, 0) is 26.5 Å². The van der Waals surface area contributed by atoms with Crippen LogP contribution in [0.1, 0.15) is 37.8 Å². The fourth-order valence-corrected chi connectivity index (χ4v) is 5.97. The molecule has 12 heteroatoms. The molecule has 0 aliphatic carbocycles. The quantitative estimate of drug-likeness (QED) is 0.196. The molecule has 2 aliphatic heterocycles. The second-order valence-electron chi connectivity index (χ2n) is 11.1. The van der Waals surface area contributed by atoms with Crippen LogP contribution >= 0.6 is 23.2 Å². The van der Waals surface area contributed by atoms with E-state index in [1.165, 1.54) is 0 Å². The molecule has 3 heterocycles. The van der Waals surface area contributed by atoms with Crippen LogP contribution in [0, 0.1) is 0 Å². The molecule has 4 rings (SSSR count). The number of fused-ring (bicyclic) bond motifs is 1. The molecule has 1 aromatic carbocycles. The predicted octanol–water partition coefficient (Wildman–Crippen LogP) is 4.90. The van der Waals surface area contributed by atoms with Crippen LogP contribution in [0.2, 0.25) is 10.0 Å². The zero-order chi connectivity index (χ0) is 31.1. The smallest absolute Gasteiger partial charge is 0.224 e. The number of likely N-dealkylation sites (N-methyl/N-ethyl adjacent to an activating group) is 1. The highest BCUT2D eigenvalue weighted by Gasteiger charge is 2.35. The summed E-state index contributed by atoms with van der Waals surface area (Å²) in [6.45, 7) is 13.0. The van der Waals surface area contributed by atoms with Crippen molar-refractivity contribution in [2.45, 2.75) is 45.0 Å². The van der Waals surface area contributed by atoms with Crippen molar-refractivity contribution in [2.75, 3.05) is 77.4 Å². The minimum absolute atomic E-state index is 0.0000884. The molecule has 0 saturated carbocycles. The molecule has 2 aromatic rings. The third-order valence-corrected chi connectivity index (χ3v) is 8.54. The molecule has 0 radical (unpaired) electrons. The van der Waals surface area contributed by atoms with Crippen LogP contribution in [-0.4, -0.2) is 110 Å². The Morgan fingerprint density at radius 1 is 1.26 bits per heavy atom. The molecule has 2 atom stereocenters. The SMILES string of the molecule is C=CCN1CC(N(C)CCN2c3nc(NC(C)COC)ncc3C=C(c3c(Cl)c(OC)cc(OCCCC)c3Cl)C2O)C1. The molecule has 43 heavy (non-hydrogen) atoms. The predicted molar refractivity (Wildman–Crippen MR) is 175 cm³/mol. The van der Waals surface area contributed by atoms with Gasteiger partial charge in [0.05, 0.1) is 30.4 Å². The van der Waals surface area contributed by atoms with Crippen molar-refractivity contribution in [3.8, 4) is 11.5 Å². The molecule has 1 saturated heterocycles. The summed E-state index contributed by atoms with van der Waals surface area (Å²) in [4.78, 5) is 15.9. The lowest BCUT2D eigenvalue weighted by atomic mass is 9.96. The van der Waals surface area contributed by atoms with Crippen molar-refractivity contribution in [1.82, 2.24) is 19.8 Å². The second kappa shape index (κ2) is 15.4. The number of hydrogen-bond acceptors (Lipinski definition) is 10. The van der Waals surface area contributed by atoms with Gasteiger partial charge in [0.2, 0.25) is 5.95 Å². The third-order valence-electron chi connectivity index (χ3n) is 7.78. The van der Waals surface area contributed by atoms with Crippen LogP contribution in [-0.2, 0) is 4.74 Å². The standard InChI is InChI=1S/C31H44Cl2N6O4/c1-7-9-13-43-25-15-24(42-6)27(32)26(28(25)33)23-14-21-16-34-31(35-20(3)19-41-5)36-29(21)39(30(23)40)12-11-37(4)22-17-38(18-22)10-8-2/h8,14-16,20,22,30,40H,2,7,9-13,17-19H2,1,3-6H3,(H,34,35,36). The molecule has 0 amide bonds. The van der Waals surface area contributed by atoms with Crippen molar-refractivity contribution < 1.29 is 19.3 Å². The number of aliphatic hydroxyl groups excluding tert-OH is 1. The molecule has 0 spiro atoms. The first-order chi connectivity index (χ1) is 20.7. The molecular weight excluding hydrogens is 591 g/mol. The summed E-state index contributed by atoms with van der Waals surface area (Å²) in [6.07, 6.45) is 6.27. The van der Waals surface area contributed by atoms with Crippen LogP contribution in [0.4, 0.5) is 11.8 Å². The minimum Gasteiger partial charge on any atom is -0.495 e. The number of methoxy groups -OCH3 is 2. The van der Waals surface area contributed by atoms with E-state index in [-0.39, 0.29) is 6.04 Å². The monoisotopic (exact) mass is 634 g/mol. The average molecular weight is 636 g/mol. The molecule has 2 aliphatic rings. The van der Waals surface area contributed by atoms with Gasteiger partial charge in [0.25, 0.3) is 0 Å². The Balaban J connectivity index is 1.70. The number of halogens is 2. The van der Waals surface area contributed by atoms with Crippen LogP contribution in [0.15, 0.2) is 24.9 Å². The molecule has 236 valence electrons. The molecule has 2 unspecified atom stereocenters. The number of likely N-dealkylation sites (tertiary alicyclic amines) is 1. The minimum atomic E-state index is -1.09. The Hall–Kier alpha value is -2.60. The van der Waals surface area contributed by atoms with Crippen molar-refractivity contribution >= 4 is 46.6 Å². The van der Waals surface area contributed by atoms with E-state index >= 15 is 0 Å². The highest BCUT2D eigenvalue weighted by Crippen LogP contribution is 2.47. The average Bonchev–Trinajstić information content (AvgIpc) is 2.96. The summed E-state index contributed by atoms with van der Waals surface area (Å²) in [5, 5.41) is 15.9. The fraction of sp³-hybridized carbons (Fsp3) is 0.548. The molecule has 1 aromatic heterocycles. The van der Waals surface area contributed by atoms with Gasteiger partial charge >= 0.3 is 0 Å².